The largest absolute Gasteiger partial charge is 0.488 e. The van der Waals surface area contributed by atoms with Gasteiger partial charge in [-0.05, 0) is 36.6 Å². The van der Waals surface area contributed by atoms with Crippen molar-refractivity contribution in [3.8, 4) is 16.9 Å². The lowest BCUT2D eigenvalue weighted by molar-refractivity contribution is -0.206. The maximum Gasteiger partial charge on any atom is 0.190 e. The third-order valence-electron chi connectivity index (χ3n) is 4.99. The van der Waals surface area contributed by atoms with Crippen LogP contribution in [0.25, 0.3) is 11.1 Å². The highest BCUT2D eigenvalue weighted by molar-refractivity contribution is 5.65. The maximum absolute atomic E-state index is 14.1. The van der Waals surface area contributed by atoms with Gasteiger partial charge in [-0.15, -0.1) is 0 Å². The smallest absolute Gasteiger partial charge is 0.190 e. The lowest BCUT2D eigenvalue weighted by Gasteiger charge is -2.29. The molecule has 0 unspecified atom stereocenters. The highest BCUT2D eigenvalue weighted by Gasteiger charge is 2.23. The second kappa shape index (κ2) is 9.99. The average Bonchev–Trinajstić information content (AvgIpc) is 2.71. The first kappa shape index (κ1) is 20.7. The fourth-order valence-electron chi connectivity index (χ4n) is 3.43. The number of rotatable bonds is 8. The van der Waals surface area contributed by atoms with Gasteiger partial charge in [0.05, 0.1) is 19.8 Å². The van der Waals surface area contributed by atoms with E-state index in [4.69, 9.17) is 14.2 Å². The molecular weight excluding hydrogens is 362 g/mol. The van der Waals surface area contributed by atoms with Gasteiger partial charge in [0, 0.05) is 11.5 Å². The van der Waals surface area contributed by atoms with Crippen molar-refractivity contribution in [3.63, 3.8) is 0 Å². The zero-order chi connectivity index (χ0) is 19.9. The van der Waals surface area contributed by atoms with Crippen molar-refractivity contribution >= 4 is 0 Å². The summed E-state index contributed by atoms with van der Waals surface area (Å²) in [4.78, 5) is 0. The molecule has 0 N–H and O–H groups in total. The Morgan fingerprint density at radius 3 is 2.14 bits per heavy atom. The van der Waals surface area contributed by atoms with Crippen molar-refractivity contribution in [2.24, 2.45) is 5.92 Å². The molecule has 0 atom stereocenters. The SMILES string of the molecule is CCCCC[C@H]1CO[C@H](c2ccc(-c3cc(F)c(OCC)c(F)c3)cc2)OC1. The summed E-state index contributed by atoms with van der Waals surface area (Å²) in [6.07, 6.45) is 4.42. The Morgan fingerprint density at radius 2 is 1.57 bits per heavy atom. The van der Waals surface area contributed by atoms with E-state index < -0.39 is 11.6 Å². The van der Waals surface area contributed by atoms with Gasteiger partial charge in [-0.3, -0.25) is 0 Å². The molecule has 0 bridgehead atoms. The minimum atomic E-state index is -0.700. The lowest BCUT2D eigenvalue weighted by Crippen LogP contribution is -2.27. The Morgan fingerprint density at radius 1 is 0.929 bits per heavy atom. The van der Waals surface area contributed by atoms with E-state index in [-0.39, 0.29) is 18.6 Å². The second-order valence-corrected chi connectivity index (χ2v) is 7.18. The van der Waals surface area contributed by atoms with Crippen molar-refractivity contribution < 1.29 is 23.0 Å². The van der Waals surface area contributed by atoms with Crippen LogP contribution in [-0.4, -0.2) is 19.8 Å². The van der Waals surface area contributed by atoms with Crippen molar-refractivity contribution in [1.82, 2.24) is 0 Å². The van der Waals surface area contributed by atoms with Gasteiger partial charge in [0.2, 0.25) is 0 Å². The number of ether oxygens (including phenoxy) is 3. The van der Waals surface area contributed by atoms with E-state index in [9.17, 15) is 8.78 Å². The fourth-order valence-corrected chi connectivity index (χ4v) is 3.43. The number of benzene rings is 2. The van der Waals surface area contributed by atoms with Gasteiger partial charge in [0.15, 0.2) is 23.7 Å². The van der Waals surface area contributed by atoms with E-state index in [0.717, 1.165) is 17.5 Å². The molecule has 0 saturated carbocycles. The van der Waals surface area contributed by atoms with Gasteiger partial charge in [-0.25, -0.2) is 8.78 Å². The number of hydrogen-bond donors (Lipinski definition) is 0. The quantitative estimate of drug-likeness (QED) is 0.497. The van der Waals surface area contributed by atoms with Crippen LogP contribution in [0.3, 0.4) is 0 Å². The van der Waals surface area contributed by atoms with Crippen LogP contribution in [-0.2, 0) is 9.47 Å². The summed E-state index contributed by atoms with van der Waals surface area (Å²) in [6.45, 7) is 5.50. The monoisotopic (exact) mass is 390 g/mol. The highest BCUT2D eigenvalue weighted by Crippen LogP contribution is 2.32. The Bertz CT molecular complexity index is 730. The molecule has 152 valence electrons. The lowest BCUT2D eigenvalue weighted by atomic mass is 10.0. The Hall–Kier alpha value is -1.98. The molecule has 1 fully saturated rings. The van der Waals surface area contributed by atoms with Crippen molar-refractivity contribution in [2.45, 2.75) is 45.8 Å². The van der Waals surface area contributed by atoms with Crippen LogP contribution in [0.2, 0.25) is 0 Å². The highest BCUT2D eigenvalue weighted by atomic mass is 19.1. The van der Waals surface area contributed by atoms with Crippen molar-refractivity contribution in [3.05, 3.63) is 53.6 Å². The molecule has 1 aliphatic rings. The van der Waals surface area contributed by atoms with Gasteiger partial charge in [0.1, 0.15) is 0 Å². The summed E-state index contributed by atoms with van der Waals surface area (Å²) in [5.41, 5.74) is 2.09. The molecule has 0 aromatic heterocycles. The maximum atomic E-state index is 14.1. The van der Waals surface area contributed by atoms with Gasteiger partial charge in [0.25, 0.3) is 0 Å². The molecule has 5 heteroatoms. The molecular formula is C23H28F2O3. The number of halogens is 2. The van der Waals surface area contributed by atoms with Crippen LogP contribution in [0.5, 0.6) is 5.75 Å². The summed E-state index contributed by atoms with van der Waals surface area (Å²) < 4.78 is 45.0. The Kier molecular flexibility index (Phi) is 7.40. The predicted octanol–water partition coefficient (Wildman–Crippen LogP) is 6.27. The summed E-state index contributed by atoms with van der Waals surface area (Å²) in [6, 6.07) is 9.98. The van der Waals surface area contributed by atoms with Crippen LogP contribution >= 0.6 is 0 Å². The predicted molar refractivity (Wildman–Crippen MR) is 105 cm³/mol. The van der Waals surface area contributed by atoms with Crippen LogP contribution in [0.1, 0.15) is 51.4 Å². The third-order valence-corrected chi connectivity index (χ3v) is 4.99. The van der Waals surface area contributed by atoms with Gasteiger partial charge < -0.3 is 14.2 Å². The van der Waals surface area contributed by atoms with Crippen molar-refractivity contribution in [2.75, 3.05) is 19.8 Å². The molecule has 3 rings (SSSR count). The number of unbranched alkanes of at least 4 members (excludes halogenated alkanes) is 2. The third kappa shape index (κ3) is 5.09. The normalized spacial score (nSPS) is 19.6. The zero-order valence-corrected chi connectivity index (χ0v) is 16.5. The molecule has 2 aromatic rings. The molecule has 1 heterocycles. The van der Waals surface area contributed by atoms with Gasteiger partial charge in [-0.1, -0.05) is 50.5 Å². The van der Waals surface area contributed by atoms with Crippen LogP contribution < -0.4 is 4.74 Å². The number of hydrogen-bond acceptors (Lipinski definition) is 3. The fraction of sp³-hybridized carbons (Fsp3) is 0.478. The van der Waals surface area contributed by atoms with Crippen molar-refractivity contribution in [1.29, 1.82) is 0 Å². The molecule has 0 radical (unpaired) electrons. The molecule has 28 heavy (non-hydrogen) atoms. The molecule has 0 spiro atoms. The standard InChI is InChI=1S/C23H28F2O3/c1-3-5-6-7-16-14-27-23(28-15-16)18-10-8-17(9-11-18)19-12-20(24)22(26-4-2)21(25)13-19/h8-13,16,23H,3-7,14-15H2,1-2H3/t16-,23-. The summed E-state index contributed by atoms with van der Waals surface area (Å²) >= 11 is 0. The molecule has 1 aliphatic heterocycles. The second-order valence-electron chi connectivity index (χ2n) is 7.18. The first-order valence-electron chi connectivity index (χ1n) is 10.1. The topological polar surface area (TPSA) is 27.7 Å². The van der Waals surface area contributed by atoms with E-state index >= 15 is 0 Å². The molecule has 3 nitrogen and oxygen atoms in total. The van der Waals surface area contributed by atoms with Gasteiger partial charge >= 0.3 is 0 Å². The van der Waals surface area contributed by atoms with E-state index in [0.29, 0.717) is 24.7 Å². The van der Waals surface area contributed by atoms with E-state index in [1.807, 2.05) is 24.3 Å². The Labute approximate surface area is 165 Å². The molecule has 0 amide bonds. The molecule has 1 saturated heterocycles. The average molecular weight is 390 g/mol. The van der Waals surface area contributed by atoms with Crippen LogP contribution in [0, 0.1) is 17.6 Å². The van der Waals surface area contributed by atoms with E-state index in [1.165, 1.54) is 31.4 Å². The van der Waals surface area contributed by atoms with Crippen LogP contribution in [0.15, 0.2) is 36.4 Å². The minimum absolute atomic E-state index is 0.211. The first-order valence-corrected chi connectivity index (χ1v) is 10.1. The molecule has 2 aromatic carbocycles. The van der Waals surface area contributed by atoms with E-state index in [1.54, 1.807) is 6.92 Å². The Balaban J connectivity index is 1.63. The van der Waals surface area contributed by atoms with E-state index in [2.05, 4.69) is 6.92 Å². The zero-order valence-electron chi connectivity index (χ0n) is 16.5. The van der Waals surface area contributed by atoms with Crippen LogP contribution in [0.4, 0.5) is 8.78 Å². The van der Waals surface area contributed by atoms with Gasteiger partial charge in [-0.2, -0.15) is 0 Å². The minimum Gasteiger partial charge on any atom is -0.488 e. The first-order chi connectivity index (χ1) is 13.6. The summed E-state index contributed by atoms with van der Waals surface area (Å²) in [5.74, 6) is -1.28. The summed E-state index contributed by atoms with van der Waals surface area (Å²) in [7, 11) is 0. The molecule has 0 aliphatic carbocycles. The summed E-state index contributed by atoms with van der Waals surface area (Å²) in [5, 5.41) is 0.